The van der Waals surface area contributed by atoms with Crippen LogP contribution in [0, 0.1) is 11.3 Å². The van der Waals surface area contributed by atoms with E-state index in [0.717, 1.165) is 42.8 Å². The van der Waals surface area contributed by atoms with Gasteiger partial charge in [0, 0.05) is 18.4 Å². The van der Waals surface area contributed by atoms with E-state index in [0.29, 0.717) is 5.56 Å². The lowest BCUT2D eigenvalue weighted by Gasteiger charge is -2.40. The van der Waals surface area contributed by atoms with Gasteiger partial charge in [0.05, 0.1) is 11.6 Å². The average Bonchev–Trinajstić information content (AvgIpc) is 2.62. The van der Waals surface area contributed by atoms with E-state index in [1.807, 2.05) is 36.4 Å². The predicted octanol–water partition coefficient (Wildman–Crippen LogP) is 3.50. The summed E-state index contributed by atoms with van der Waals surface area (Å²) in [7, 11) is 0. The molecule has 2 aromatic carbocycles. The molecule has 0 unspecified atom stereocenters. The molecule has 1 N–H and O–H groups in total. The van der Waals surface area contributed by atoms with Gasteiger partial charge >= 0.3 is 0 Å². The monoisotopic (exact) mass is 302 g/mol. The molecule has 0 atom stereocenters. The molecule has 1 spiro atoms. The highest BCUT2D eigenvalue weighted by molar-refractivity contribution is 5.85. The second kappa shape index (κ2) is 5.57. The van der Waals surface area contributed by atoms with Crippen LogP contribution in [0.25, 0.3) is 5.57 Å². The maximum absolute atomic E-state index is 9.20. The first kappa shape index (κ1) is 14.0. The summed E-state index contributed by atoms with van der Waals surface area (Å²) in [5.41, 5.74) is 3.81. The molecule has 2 heterocycles. The van der Waals surface area contributed by atoms with Crippen molar-refractivity contribution in [3.05, 3.63) is 71.3 Å². The Balaban J connectivity index is 1.87. The Hall–Kier alpha value is -2.57. The summed E-state index contributed by atoms with van der Waals surface area (Å²) in [6, 6.07) is 18.2. The van der Waals surface area contributed by atoms with Gasteiger partial charge < -0.3 is 10.1 Å². The topological polar surface area (TPSA) is 45.0 Å². The van der Waals surface area contributed by atoms with Crippen LogP contribution in [0.4, 0.5) is 0 Å². The van der Waals surface area contributed by atoms with E-state index in [1.165, 1.54) is 5.57 Å². The summed E-state index contributed by atoms with van der Waals surface area (Å²) in [6.07, 6.45) is 4.19. The first-order valence-corrected chi connectivity index (χ1v) is 8.02. The zero-order chi connectivity index (χ0) is 15.7. The van der Waals surface area contributed by atoms with Crippen molar-refractivity contribution in [1.82, 2.24) is 5.32 Å². The Morgan fingerprint density at radius 2 is 1.87 bits per heavy atom. The molecule has 114 valence electrons. The van der Waals surface area contributed by atoms with Gasteiger partial charge in [-0.15, -0.1) is 0 Å². The lowest BCUT2D eigenvalue weighted by Crippen LogP contribution is -2.46. The molecule has 0 radical (unpaired) electrons. The first-order chi connectivity index (χ1) is 11.3. The third-order valence-electron chi connectivity index (χ3n) is 4.65. The van der Waals surface area contributed by atoms with Crippen LogP contribution in [-0.4, -0.2) is 18.7 Å². The smallest absolute Gasteiger partial charge is 0.130 e. The zero-order valence-electron chi connectivity index (χ0n) is 12.9. The molecule has 1 saturated heterocycles. The molecule has 2 aliphatic rings. The van der Waals surface area contributed by atoms with Gasteiger partial charge in [0.25, 0.3) is 0 Å². The van der Waals surface area contributed by atoms with E-state index < -0.39 is 0 Å². The van der Waals surface area contributed by atoms with Crippen molar-refractivity contribution in [2.45, 2.75) is 18.4 Å². The Morgan fingerprint density at radius 1 is 1.04 bits per heavy atom. The number of hydrogen-bond donors (Lipinski definition) is 1. The largest absolute Gasteiger partial charge is 0.482 e. The van der Waals surface area contributed by atoms with Crippen LogP contribution in [0.1, 0.15) is 29.5 Å². The van der Waals surface area contributed by atoms with Gasteiger partial charge in [-0.3, -0.25) is 0 Å². The van der Waals surface area contributed by atoms with E-state index in [2.05, 4.69) is 29.6 Å². The van der Waals surface area contributed by atoms with Gasteiger partial charge in [0.15, 0.2) is 0 Å². The molecule has 0 saturated carbocycles. The van der Waals surface area contributed by atoms with Crippen molar-refractivity contribution in [1.29, 1.82) is 5.26 Å². The molecule has 23 heavy (non-hydrogen) atoms. The van der Waals surface area contributed by atoms with Crippen LogP contribution < -0.4 is 10.1 Å². The van der Waals surface area contributed by atoms with Crippen LogP contribution in [0.5, 0.6) is 5.75 Å². The molecule has 3 nitrogen and oxygen atoms in total. The molecule has 2 aliphatic heterocycles. The lowest BCUT2D eigenvalue weighted by atomic mass is 9.83. The predicted molar refractivity (Wildman–Crippen MR) is 90.1 cm³/mol. The molecule has 1 fully saturated rings. The summed E-state index contributed by atoms with van der Waals surface area (Å²) < 4.78 is 6.39. The molecule has 0 bridgehead atoms. The Labute approximate surface area is 136 Å². The second-order valence-electron chi connectivity index (χ2n) is 6.16. The number of ether oxygens (including phenoxy) is 1. The quantitative estimate of drug-likeness (QED) is 0.877. The molecule has 0 aromatic heterocycles. The minimum Gasteiger partial charge on any atom is -0.482 e. The zero-order valence-corrected chi connectivity index (χ0v) is 12.9. The number of nitrogens with one attached hydrogen (secondary N) is 1. The first-order valence-electron chi connectivity index (χ1n) is 8.02. The van der Waals surface area contributed by atoms with Gasteiger partial charge in [-0.2, -0.15) is 5.26 Å². The van der Waals surface area contributed by atoms with Crippen LogP contribution in [-0.2, 0) is 0 Å². The minimum absolute atomic E-state index is 0.239. The Bertz CT molecular complexity index is 810. The number of benzene rings is 2. The van der Waals surface area contributed by atoms with E-state index in [4.69, 9.17) is 4.74 Å². The van der Waals surface area contributed by atoms with Crippen LogP contribution in [0.15, 0.2) is 54.6 Å². The number of rotatable bonds is 1. The maximum atomic E-state index is 9.20. The van der Waals surface area contributed by atoms with Crippen molar-refractivity contribution in [2.75, 3.05) is 13.1 Å². The van der Waals surface area contributed by atoms with Crippen LogP contribution >= 0.6 is 0 Å². The summed E-state index contributed by atoms with van der Waals surface area (Å²) in [5, 5.41) is 12.6. The number of piperidine rings is 1. The van der Waals surface area contributed by atoms with Gasteiger partial charge in [-0.25, -0.2) is 0 Å². The standard InChI is InChI=1S/C20H18N2O/c21-14-15-4-3-5-16(12-15)18-13-20(8-10-22-11-9-20)23-19-7-2-1-6-17(18)19/h1-7,12-13,22H,8-11H2. The molecule has 2 aromatic rings. The van der Waals surface area contributed by atoms with Gasteiger partial charge in [0.1, 0.15) is 11.4 Å². The molecule has 0 aliphatic carbocycles. The van der Waals surface area contributed by atoms with Gasteiger partial charge in [0.2, 0.25) is 0 Å². The highest BCUT2D eigenvalue weighted by Crippen LogP contribution is 2.42. The molecular weight excluding hydrogens is 284 g/mol. The maximum Gasteiger partial charge on any atom is 0.130 e. The Kier molecular flexibility index (Phi) is 3.40. The summed E-state index contributed by atoms with van der Waals surface area (Å²) >= 11 is 0. The van der Waals surface area contributed by atoms with E-state index in [1.54, 1.807) is 0 Å². The van der Waals surface area contributed by atoms with E-state index in [9.17, 15) is 5.26 Å². The number of para-hydroxylation sites is 1. The van der Waals surface area contributed by atoms with Crippen molar-refractivity contribution >= 4 is 5.57 Å². The Morgan fingerprint density at radius 3 is 2.70 bits per heavy atom. The van der Waals surface area contributed by atoms with Crippen molar-refractivity contribution < 1.29 is 4.74 Å². The minimum atomic E-state index is -0.239. The molecular formula is C20H18N2O. The molecule has 3 heteroatoms. The summed E-state index contributed by atoms with van der Waals surface area (Å²) in [4.78, 5) is 0. The third-order valence-corrected chi connectivity index (χ3v) is 4.65. The van der Waals surface area contributed by atoms with Crippen molar-refractivity contribution in [3.63, 3.8) is 0 Å². The summed E-state index contributed by atoms with van der Waals surface area (Å²) in [6.45, 7) is 1.92. The number of nitriles is 1. The second-order valence-corrected chi connectivity index (χ2v) is 6.16. The molecule has 0 amide bonds. The van der Waals surface area contributed by atoms with E-state index in [-0.39, 0.29) is 5.60 Å². The van der Waals surface area contributed by atoms with E-state index >= 15 is 0 Å². The third kappa shape index (κ3) is 2.52. The van der Waals surface area contributed by atoms with Gasteiger partial charge in [-0.05, 0) is 48.5 Å². The number of hydrogen-bond acceptors (Lipinski definition) is 3. The fraction of sp³-hybridized carbons (Fsp3) is 0.250. The van der Waals surface area contributed by atoms with Crippen LogP contribution in [0.2, 0.25) is 0 Å². The fourth-order valence-corrected chi connectivity index (χ4v) is 3.46. The molecule has 4 rings (SSSR count). The number of fused-ring (bicyclic) bond motifs is 1. The SMILES string of the molecule is N#Cc1cccc(C2=CC3(CCNCC3)Oc3ccccc32)c1. The highest BCUT2D eigenvalue weighted by Gasteiger charge is 2.36. The fourth-order valence-electron chi connectivity index (χ4n) is 3.46. The number of nitrogens with zero attached hydrogens (tertiary/aromatic N) is 1. The van der Waals surface area contributed by atoms with Crippen molar-refractivity contribution in [2.24, 2.45) is 0 Å². The highest BCUT2D eigenvalue weighted by atomic mass is 16.5. The lowest BCUT2D eigenvalue weighted by molar-refractivity contribution is 0.0817. The average molecular weight is 302 g/mol. The summed E-state index contributed by atoms with van der Waals surface area (Å²) in [5.74, 6) is 0.939. The van der Waals surface area contributed by atoms with Gasteiger partial charge in [-0.1, -0.05) is 30.3 Å². The van der Waals surface area contributed by atoms with Crippen molar-refractivity contribution in [3.8, 4) is 11.8 Å². The van der Waals surface area contributed by atoms with Crippen LogP contribution in [0.3, 0.4) is 0 Å². The normalized spacial score (nSPS) is 18.5.